The van der Waals surface area contributed by atoms with Crippen LogP contribution >= 0.6 is 0 Å². The van der Waals surface area contributed by atoms with E-state index in [0.717, 1.165) is 0 Å². The fourth-order valence-corrected chi connectivity index (χ4v) is 6.01. The summed E-state index contributed by atoms with van der Waals surface area (Å²) in [5.74, 6) is -0.309. The number of piperazine rings is 1. The third-order valence-electron chi connectivity index (χ3n) is 5.70. The summed E-state index contributed by atoms with van der Waals surface area (Å²) in [5, 5.41) is 9.27. The van der Waals surface area contributed by atoms with Gasteiger partial charge in [0.15, 0.2) is 4.75 Å². The highest BCUT2D eigenvalue weighted by Gasteiger charge is 2.55. The number of nitrogens with one attached hydrogen (secondary N) is 1. The van der Waals surface area contributed by atoms with Crippen LogP contribution in [0.3, 0.4) is 0 Å². The van der Waals surface area contributed by atoms with E-state index in [0.29, 0.717) is 45.3 Å². The van der Waals surface area contributed by atoms with Crippen LogP contribution in [0.15, 0.2) is 18.5 Å². The predicted octanol–water partition coefficient (Wildman–Crippen LogP) is -1.09. The van der Waals surface area contributed by atoms with Crippen LogP contribution < -0.4 is 10.4 Å². The summed E-state index contributed by atoms with van der Waals surface area (Å²) < 4.78 is 31.7. The van der Waals surface area contributed by atoms with Crippen molar-refractivity contribution >= 4 is 21.9 Å². The van der Waals surface area contributed by atoms with Crippen LogP contribution in [0.4, 0.5) is 5.95 Å². The van der Waals surface area contributed by atoms with E-state index in [1.807, 2.05) is 4.90 Å². The Morgan fingerprint density at radius 1 is 1.17 bits per heavy atom. The summed E-state index contributed by atoms with van der Waals surface area (Å²) in [4.78, 5) is 24.9. The Bertz CT molecular complexity index is 777. The molecule has 3 heterocycles. The molecule has 2 aliphatic heterocycles. The number of sulfonamides is 1. The van der Waals surface area contributed by atoms with E-state index in [9.17, 15) is 18.4 Å². The Morgan fingerprint density at radius 3 is 2.34 bits per heavy atom. The maximum atomic E-state index is 13.5. The number of likely N-dealkylation sites (tertiary alicyclic amines) is 1. The minimum absolute atomic E-state index is 0.119. The second kappa shape index (κ2) is 9.30. The van der Waals surface area contributed by atoms with Crippen molar-refractivity contribution in [2.75, 3.05) is 64.4 Å². The Morgan fingerprint density at radius 2 is 1.79 bits per heavy atom. The number of rotatable bonds is 7. The highest BCUT2D eigenvalue weighted by Crippen LogP contribution is 2.34. The van der Waals surface area contributed by atoms with Crippen molar-refractivity contribution in [1.82, 2.24) is 24.7 Å². The number of hydrogen-bond donors (Lipinski definition) is 2. The van der Waals surface area contributed by atoms with Gasteiger partial charge in [0.2, 0.25) is 16.0 Å². The van der Waals surface area contributed by atoms with Crippen molar-refractivity contribution in [2.24, 2.45) is 0 Å². The topological polar surface area (TPSA) is 128 Å². The summed E-state index contributed by atoms with van der Waals surface area (Å²) in [6.07, 6.45) is 3.52. The SMILES string of the molecule is COCCN1CCC(C(=O)NO)(S(=O)(=O)N2CCN(c3ncccn3)CC2)CC1. The van der Waals surface area contributed by atoms with Gasteiger partial charge in [-0.3, -0.25) is 10.0 Å². The van der Waals surface area contributed by atoms with Gasteiger partial charge in [-0.15, -0.1) is 0 Å². The van der Waals surface area contributed by atoms with Crippen LogP contribution in [0, 0.1) is 0 Å². The molecule has 2 fully saturated rings. The number of aromatic nitrogens is 2. The normalized spacial score (nSPS) is 21.1. The number of carbonyl (C=O) groups excluding carboxylic acids is 1. The second-order valence-electron chi connectivity index (χ2n) is 7.21. The Balaban J connectivity index is 1.72. The number of nitrogens with zero attached hydrogens (tertiary/aromatic N) is 5. The van der Waals surface area contributed by atoms with Crippen LogP contribution in [0.25, 0.3) is 0 Å². The maximum absolute atomic E-state index is 13.5. The van der Waals surface area contributed by atoms with Gasteiger partial charge in [0.05, 0.1) is 6.61 Å². The van der Waals surface area contributed by atoms with Crippen LogP contribution in [-0.2, 0) is 19.6 Å². The molecule has 29 heavy (non-hydrogen) atoms. The molecule has 11 nitrogen and oxygen atoms in total. The average molecular weight is 429 g/mol. The van der Waals surface area contributed by atoms with Crippen LogP contribution in [-0.4, -0.2) is 103 Å². The van der Waals surface area contributed by atoms with Gasteiger partial charge in [0, 0.05) is 65.3 Å². The van der Waals surface area contributed by atoms with Crippen LogP contribution in [0.5, 0.6) is 0 Å². The van der Waals surface area contributed by atoms with Gasteiger partial charge in [-0.25, -0.2) is 23.9 Å². The zero-order valence-electron chi connectivity index (χ0n) is 16.5. The molecule has 0 spiro atoms. The summed E-state index contributed by atoms with van der Waals surface area (Å²) in [6.45, 7) is 3.41. The van der Waals surface area contributed by atoms with Gasteiger partial charge in [-0.1, -0.05) is 0 Å². The third-order valence-corrected chi connectivity index (χ3v) is 8.32. The van der Waals surface area contributed by atoms with E-state index >= 15 is 0 Å². The Kier molecular flexibility index (Phi) is 7.01. The molecule has 162 valence electrons. The van der Waals surface area contributed by atoms with Crippen molar-refractivity contribution in [3.8, 4) is 0 Å². The molecule has 2 saturated heterocycles. The van der Waals surface area contributed by atoms with Crippen molar-refractivity contribution in [3.63, 3.8) is 0 Å². The van der Waals surface area contributed by atoms with E-state index in [4.69, 9.17) is 4.74 Å². The molecule has 12 heteroatoms. The van der Waals surface area contributed by atoms with Gasteiger partial charge in [0.1, 0.15) is 0 Å². The lowest BCUT2D eigenvalue weighted by Gasteiger charge is -2.43. The van der Waals surface area contributed by atoms with Crippen molar-refractivity contribution < 1.29 is 23.2 Å². The van der Waals surface area contributed by atoms with Gasteiger partial charge < -0.3 is 14.5 Å². The molecule has 0 saturated carbocycles. The third kappa shape index (κ3) is 4.36. The number of hydrogen-bond acceptors (Lipinski definition) is 9. The van der Waals surface area contributed by atoms with Gasteiger partial charge >= 0.3 is 0 Å². The Hall–Kier alpha value is -1.86. The highest BCUT2D eigenvalue weighted by atomic mass is 32.2. The van der Waals surface area contributed by atoms with Crippen molar-refractivity contribution in [3.05, 3.63) is 18.5 Å². The highest BCUT2D eigenvalue weighted by molar-refractivity contribution is 7.91. The molecule has 0 radical (unpaired) electrons. The number of carbonyl (C=O) groups is 1. The molecule has 0 atom stereocenters. The first-order valence-electron chi connectivity index (χ1n) is 9.62. The second-order valence-corrected chi connectivity index (χ2v) is 9.46. The lowest BCUT2D eigenvalue weighted by Crippen LogP contribution is -2.63. The molecule has 2 aliphatic rings. The largest absolute Gasteiger partial charge is 0.383 e. The fourth-order valence-electron chi connectivity index (χ4n) is 3.89. The van der Waals surface area contributed by atoms with Crippen molar-refractivity contribution in [2.45, 2.75) is 17.6 Å². The first-order valence-corrected chi connectivity index (χ1v) is 11.1. The molecule has 1 aromatic rings. The summed E-state index contributed by atoms with van der Waals surface area (Å²) >= 11 is 0. The monoisotopic (exact) mass is 428 g/mol. The minimum atomic E-state index is -3.97. The maximum Gasteiger partial charge on any atom is 0.266 e. The average Bonchev–Trinajstić information content (AvgIpc) is 2.78. The molecule has 0 aromatic carbocycles. The number of methoxy groups -OCH3 is 1. The van der Waals surface area contributed by atoms with E-state index in [-0.39, 0.29) is 25.9 Å². The van der Waals surface area contributed by atoms with Crippen molar-refractivity contribution in [1.29, 1.82) is 0 Å². The molecule has 3 rings (SSSR count). The molecular formula is C17H28N6O5S. The number of amides is 1. The summed E-state index contributed by atoms with van der Waals surface area (Å²) in [5.41, 5.74) is 1.59. The molecular weight excluding hydrogens is 400 g/mol. The summed E-state index contributed by atoms with van der Waals surface area (Å²) in [7, 11) is -2.36. The standard InChI is InChI=1S/C17H28N6O5S/c1-28-14-13-21-7-3-17(4-8-21,15(24)20-25)29(26,27)23-11-9-22(10-12-23)16-18-5-2-6-19-16/h2,5-6,25H,3-4,7-14H2,1H3,(H,20,24). The van der Waals surface area contributed by atoms with Crippen LogP contribution in [0.2, 0.25) is 0 Å². The molecule has 1 aromatic heterocycles. The zero-order valence-corrected chi connectivity index (χ0v) is 17.3. The smallest absolute Gasteiger partial charge is 0.266 e. The van der Waals surface area contributed by atoms with Gasteiger partial charge in [0.25, 0.3) is 5.91 Å². The molecule has 1 amide bonds. The first-order chi connectivity index (χ1) is 13.9. The molecule has 0 unspecified atom stereocenters. The molecule has 0 bridgehead atoms. The lowest BCUT2D eigenvalue weighted by atomic mass is 9.95. The fraction of sp³-hybridized carbons (Fsp3) is 0.706. The minimum Gasteiger partial charge on any atom is -0.383 e. The van der Waals surface area contributed by atoms with Gasteiger partial charge in [-0.2, -0.15) is 4.31 Å². The number of hydroxylamine groups is 1. The van der Waals surface area contributed by atoms with Gasteiger partial charge in [-0.05, 0) is 18.9 Å². The number of ether oxygens (including phenoxy) is 1. The number of piperidine rings is 1. The van der Waals surface area contributed by atoms with E-state index in [1.165, 1.54) is 4.31 Å². The molecule has 0 aliphatic carbocycles. The number of anilines is 1. The van der Waals surface area contributed by atoms with E-state index in [1.54, 1.807) is 31.0 Å². The molecule has 2 N–H and O–H groups in total. The van der Waals surface area contributed by atoms with Crippen LogP contribution in [0.1, 0.15) is 12.8 Å². The van der Waals surface area contributed by atoms with E-state index < -0.39 is 20.7 Å². The first kappa shape index (κ1) is 21.8. The quantitative estimate of drug-likeness (QED) is 0.411. The van der Waals surface area contributed by atoms with E-state index in [2.05, 4.69) is 14.9 Å². The lowest BCUT2D eigenvalue weighted by molar-refractivity contribution is -0.133. The zero-order chi connectivity index (χ0) is 20.9. The predicted molar refractivity (Wildman–Crippen MR) is 105 cm³/mol. The Labute approximate surface area is 170 Å². The summed E-state index contributed by atoms with van der Waals surface area (Å²) in [6, 6.07) is 1.72.